The van der Waals surface area contributed by atoms with Crippen LogP contribution in [-0.4, -0.2) is 24.3 Å². The molecule has 0 aromatic heterocycles. The van der Waals surface area contributed by atoms with E-state index >= 15 is 0 Å². The Morgan fingerprint density at radius 2 is 2.30 bits per heavy atom. The van der Waals surface area contributed by atoms with E-state index in [2.05, 4.69) is 33.4 Å². The highest BCUT2D eigenvalue weighted by atomic mass is 79.9. The average Bonchev–Trinajstić information content (AvgIpc) is 3.16. The second kappa shape index (κ2) is 6.15. The summed E-state index contributed by atoms with van der Waals surface area (Å²) in [4.78, 5) is 12.3. The van der Waals surface area contributed by atoms with Gasteiger partial charge in [-0.2, -0.15) is 5.10 Å². The van der Waals surface area contributed by atoms with E-state index in [0.717, 1.165) is 18.4 Å². The molecule has 0 bridgehead atoms. The Balaban J connectivity index is 1.63. The van der Waals surface area contributed by atoms with Crippen LogP contribution in [0.5, 0.6) is 11.5 Å². The van der Waals surface area contributed by atoms with Crippen LogP contribution in [0.4, 0.5) is 0 Å². The molecule has 1 aromatic rings. The topological polar surface area (TPSA) is 70.9 Å². The van der Waals surface area contributed by atoms with Crippen molar-refractivity contribution in [3.05, 3.63) is 22.2 Å². The van der Waals surface area contributed by atoms with Gasteiger partial charge in [-0.25, -0.2) is 5.43 Å². The van der Waals surface area contributed by atoms with E-state index in [-0.39, 0.29) is 23.0 Å². The van der Waals surface area contributed by atoms with Crippen LogP contribution >= 0.6 is 15.9 Å². The molecule has 0 spiro atoms. The van der Waals surface area contributed by atoms with Gasteiger partial charge in [0.1, 0.15) is 0 Å². The summed E-state index contributed by atoms with van der Waals surface area (Å²) < 4.78 is 5.61. The van der Waals surface area contributed by atoms with Gasteiger partial charge in [0.2, 0.25) is 5.91 Å². The molecule has 2 saturated carbocycles. The highest BCUT2D eigenvalue weighted by Crippen LogP contribution is 2.66. The van der Waals surface area contributed by atoms with Crippen LogP contribution in [-0.2, 0) is 4.79 Å². The zero-order valence-corrected chi connectivity index (χ0v) is 14.9. The molecule has 0 radical (unpaired) electrons. The van der Waals surface area contributed by atoms with Gasteiger partial charge in [-0.3, -0.25) is 4.79 Å². The molecule has 0 saturated heterocycles. The van der Waals surface area contributed by atoms with Crippen LogP contribution in [0.15, 0.2) is 21.7 Å². The number of hydrogen-bond acceptors (Lipinski definition) is 4. The monoisotopic (exact) mass is 380 g/mol. The number of nitrogens with zero attached hydrogens (tertiary/aromatic N) is 1. The van der Waals surface area contributed by atoms with Crippen molar-refractivity contribution in [1.29, 1.82) is 0 Å². The molecule has 6 heteroatoms. The minimum atomic E-state index is 0.0143. The molecule has 124 valence electrons. The molecule has 1 amide bonds. The molecule has 1 aromatic carbocycles. The molecular weight excluding hydrogens is 360 g/mol. The molecule has 0 unspecified atom stereocenters. The number of halogens is 1. The average molecular weight is 381 g/mol. The molecule has 2 aliphatic carbocycles. The van der Waals surface area contributed by atoms with Crippen LogP contribution in [0.25, 0.3) is 0 Å². The van der Waals surface area contributed by atoms with E-state index in [0.29, 0.717) is 16.1 Å². The Morgan fingerprint density at radius 3 is 2.96 bits per heavy atom. The maximum atomic E-state index is 12.3. The van der Waals surface area contributed by atoms with Gasteiger partial charge in [-0.05, 0) is 57.8 Å². The van der Waals surface area contributed by atoms with Gasteiger partial charge in [-0.15, -0.1) is 0 Å². The van der Waals surface area contributed by atoms with Gasteiger partial charge >= 0.3 is 0 Å². The second-order valence-electron chi connectivity index (χ2n) is 6.62. The summed E-state index contributed by atoms with van der Waals surface area (Å²) in [5.41, 5.74) is 3.57. The lowest BCUT2D eigenvalue weighted by Gasteiger charge is -2.15. The number of benzene rings is 1. The summed E-state index contributed by atoms with van der Waals surface area (Å²) >= 11 is 3.26. The van der Waals surface area contributed by atoms with Gasteiger partial charge in [0, 0.05) is 5.92 Å². The lowest BCUT2D eigenvalue weighted by molar-refractivity contribution is -0.123. The number of aromatic hydroxyl groups is 1. The molecule has 3 atom stereocenters. The van der Waals surface area contributed by atoms with Crippen molar-refractivity contribution >= 4 is 28.1 Å². The van der Waals surface area contributed by atoms with E-state index in [1.54, 1.807) is 18.3 Å². The zero-order chi connectivity index (χ0) is 16.6. The third-order valence-electron chi connectivity index (χ3n) is 5.27. The Morgan fingerprint density at radius 1 is 1.52 bits per heavy atom. The number of phenols is 1. The molecular formula is C17H21BrN2O3. The summed E-state index contributed by atoms with van der Waals surface area (Å²) in [6.45, 7) is 2.22. The van der Waals surface area contributed by atoms with Crippen LogP contribution in [0, 0.1) is 17.3 Å². The molecule has 3 rings (SSSR count). The third-order valence-corrected chi connectivity index (χ3v) is 5.88. The van der Waals surface area contributed by atoms with Gasteiger partial charge in [0.25, 0.3) is 0 Å². The summed E-state index contributed by atoms with van der Waals surface area (Å²) in [6, 6.07) is 3.37. The summed E-state index contributed by atoms with van der Waals surface area (Å²) in [5, 5.41) is 13.8. The second-order valence-corrected chi connectivity index (χ2v) is 7.48. The maximum Gasteiger partial charge on any atom is 0.244 e. The largest absolute Gasteiger partial charge is 0.503 e. The number of nitrogens with one attached hydrogen (secondary N) is 1. The zero-order valence-electron chi connectivity index (χ0n) is 13.3. The number of ether oxygens (including phenoxy) is 1. The smallest absolute Gasteiger partial charge is 0.244 e. The van der Waals surface area contributed by atoms with Crippen LogP contribution in [0.1, 0.15) is 38.2 Å². The highest BCUT2D eigenvalue weighted by molar-refractivity contribution is 9.10. The van der Waals surface area contributed by atoms with Gasteiger partial charge in [0.05, 0.1) is 17.8 Å². The van der Waals surface area contributed by atoms with Gasteiger partial charge in [0.15, 0.2) is 11.5 Å². The van der Waals surface area contributed by atoms with E-state index in [1.807, 2.05) is 0 Å². The number of carbonyl (C=O) groups is 1. The summed E-state index contributed by atoms with van der Waals surface area (Å²) in [5.74, 6) is 1.04. The number of amides is 1. The minimum absolute atomic E-state index is 0.0143. The Bertz CT molecular complexity index is 661. The Hall–Kier alpha value is -1.56. The standard InChI is InChI=1S/C17H21BrN2O3/c1-17-6-4-3-5-11(17)14(17)16(22)20-19-9-10-7-12(18)15(21)13(8-10)23-2/h7-9,11,14,21H,3-6H2,1-2H3,(H,20,22)/b19-9+/t11-,14-,17+/m0/s1. The number of methoxy groups -OCH3 is 1. The Kier molecular flexibility index (Phi) is 4.36. The molecule has 2 aliphatic rings. The van der Waals surface area contributed by atoms with Crippen molar-refractivity contribution in [2.75, 3.05) is 7.11 Å². The van der Waals surface area contributed by atoms with Crippen molar-refractivity contribution in [1.82, 2.24) is 5.43 Å². The molecule has 5 nitrogen and oxygen atoms in total. The first-order valence-electron chi connectivity index (χ1n) is 7.87. The van der Waals surface area contributed by atoms with Gasteiger partial charge in [-0.1, -0.05) is 19.8 Å². The van der Waals surface area contributed by atoms with Crippen LogP contribution in [0.3, 0.4) is 0 Å². The molecule has 23 heavy (non-hydrogen) atoms. The predicted octanol–water partition coefficient (Wildman–Crippen LogP) is 3.44. The lowest BCUT2D eigenvalue weighted by atomic mass is 9.90. The SMILES string of the molecule is COc1cc(/C=N/NC(=O)[C@@H]2[C@@H]3CCCC[C@@]23C)cc(Br)c1O. The van der Waals surface area contributed by atoms with E-state index in [4.69, 9.17) is 4.74 Å². The quantitative estimate of drug-likeness (QED) is 0.620. The van der Waals surface area contributed by atoms with Crippen molar-refractivity contribution in [3.63, 3.8) is 0 Å². The van der Waals surface area contributed by atoms with E-state index < -0.39 is 0 Å². The molecule has 2 fully saturated rings. The molecule has 0 aliphatic heterocycles. The fourth-order valence-corrected chi connectivity index (χ4v) is 4.37. The minimum Gasteiger partial charge on any atom is -0.503 e. The van der Waals surface area contributed by atoms with E-state index in [9.17, 15) is 9.90 Å². The normalized spacial score (nSPS) is 29.2. The van der Waals surface area contributed by atoms with Crippen molar-refractivity contribution < 1.29 is 14.6 Å². The predicted molar refractivity (Wildman–Crippen MR) is 91.7 cm³/mol. The van der Waals surface area contributed by atoms with Crippen molar-refractivity contribution in [2.45, 2.75) is 32.6 Å². The maximum absolute atomic E-state index is 12.3. The van der Waals surface area contributed by atoms with Crippen molar-refractivity contribution in [3.8, 4) is 11.5 Å². The van der Waals surface area contributed by atoms with Crippen molar-refractivity contribution in [2.24, 2.45) is 22.4 Å². The van der Waals surface area contributed by atoms with Crippen LogP contribution in [0.2, 0.25) is 0 Å². The summed E-state index contributed by atoms with van der Waals surface area (Å²) in [6.07, 6.45) is 6.30. The highest BCUT2D eigenvalue weighted by Gasteiger charge is 2.64. The summed E-state index contributed by atoms with van der Waals surface area (Å²) in [7, 11) is 1.49. The molecule has 2 N–H and O–H groups in total. The first kappa shape index (κ1) is 16.3. The fourth-order valence-electron chi connectivity index (χ4n) is 3.91. The first-order chi connectivity index (χ1) is 11.0. The third kappa shape index (κ3) is 2.96. The number of rotatable bonds is 4. The number of phenolic OH excluding ortho intramolecular Hbond substituents is 1. The Labute approximate surface area is 144 Å². The van der Waals surface area contributed by atoms with E-state index in [1.165, 1.54) is 20.0 Å². The van der Waals surface area contributed by atoms with Crippen LogP contribution < -0.4 is 10.2 Å². The fraction of sp³-hybridized carbons (Fsp3) is 0.529. The number of hydrazone groups is 1. The number of hydrogen-bond donors (Lipinski definition) is 2. The molecule has 0 heterocycles. The number of carbonyl (C=O) groups excluding carboxylic acids is 1. The number of fused-ring (bicyclic) bond motifs is 1. The first-order valence-corrected chi connectivity index (χ1v) is 8.66. The lowest BCUT2D eigenvalue weighted by Crippen LogP contribution is -2.22. The van der Waals surface area contributed by atoms with Gasteiger partial charge < -0.3 is 9.84 Å².